The molecule has 4 heterocycles. The molecule has 0 N–H and O–H groups in total. The molecule has 1 aromatic carbocycles. The van der Waals surface area contributed by atoms with Gasteiger partial charge in [0.1, 0.15) is 16.9 Å². The Hall–Kier alpha value is -2.80. The summed E-state index contributed by atoms with van der Waals surface area (Å²) in [6, 6.07) is 9.71. The van der Waals surface area contributed by atoms with E-state index in [4.69, 9.17) is 4.74 Å². The molecule has 0 bridgehead atoms. The molecule has 1 fully saturated rings. The normalized spacial score (nSPS) is 15.6. The molecule has 34 heavy (non-hydrogen) atoms. The van der Waals surface area contributed by atoms with Crippen LogP contribution in [-0.4, -0.2) is 76.3 Å². The molecule has 0 amide bonds. The minimum Gasteiger partial charge on any atom is -0.497 e. The Bertz CT molecular complexity index is 1470. The van der Waals surface area contributed by atoms with Crippen LogP contribution in [0.4, 0.5) is 0 Å². The summed E-state index contributed by atoms with van der Waals surface area (Å²) in [5.41, 5.74) is 1.29. The Balaban J connectivity index is 0.00000274. The Morgan fingerprint density at radius 2 is 1.79 bits per heavy atom. The lowest BCUT2D eigenvalue weighted by Crippen LogP contribution is -2.47. The zero-order chi connectivity index (χ0) is 23.2. The summed E-state index contributed by atoms with van der Waals surface area (Å²) in [6.07, 6.45) is 2.65. The summed E-state index contributed by atoms with van der Waals surface area (Å²) in [5.74, 6) is 0.761. The first-order chi connectivity index (χ1) is 15.8. The van der Waals surface area contributed by atoms with E-state index in [0.717, 1.165) is 26.4 Å². The van der Waals surface area contributed by atoms with Crippen molar-refractivity contribution in [2.45, 2.75) is 20.5 Å². The Kier molecular flexibility index (Phi) is 6.76. The number of sulfonamides is 1. The van der Waals surface area contributed by atoms with Crippen LogP contribution in [0.1, 0.15) is 17.9 Å². The monoisotopic (exact) mass is 504 g/mol. The molecule has 0 spiro atoms. The van der Waals surface area contributed by atoms with E-state index < -0.39 is 10.0 Å². The van der Waals surface area contributed by atoms with E-state index in [0.29, 0.717) is 44.9 Å². The van der Waals surface area contributed by atoms with Crippen LogP contribution >= 0.6 is 11.3 Å². The highest BCUT2D eigenvalue weighted by molar-refractivity contribution is 7.88. The summed E-state index contributed by atoms with van der Waals surface area (Å²) in [4.78, 5) is 21.7. The highest BCUT2D eigenvalue weighted by Gasteiger charge is 2.24. The lowest BCUT2D eigenvalue weighted by atomic mass is 10.2. The van der Waals surface area contributed by atoms with Crippen LogP contribution in [0.2, 0.25) is 0 Å². The minimum absolute atomic E-state index is 0. The fraction of sp³-hybridized carbons (Fsp3) is 0.409. The molecule has 12 heteroatoms. The maximum absolute atomic E-state index is 13.2. The first-order valence-corrected chi connectivity index (χ1v) is 13.2. The Morgan fingerprint density at radius 1 is 1.09 bits per heavy atom. The number of rotatable bonds is 6. The number of hydrogen-bond donors (Lipinski definition) is 0. The number of aromatic nitrogens is 4. The highest BCUT2D eigenvalue weighted by Crippen LogP contribution is 2.29. The number of methoxy groups -OCH3 is 1. The van der Waals surface area contributed by atoms with Crippen molar-refractivity contribution in [1.29, 1.82) is 0 Å². The third-order valence-corrected chi connectivity index (χ3v) is 8.33. The molecule has 182 valence electrons. The SMILES string of the molecule is C.COc1ccc(Cn2c(=O)n3ncnc3c3cc(CN4CCN(S(C)(=O)=O)CC4)sc32)cc1. The standard InChI is InChI=1S/C21H24N6O4S2.CH4/c1-31-16-5-3-15(4-6-16)12-26-20-18(19-22-14-23-27(19)21(26)28)11-17(32-20)13-24-7-9-25(10-8-24)33(2,29)30;/h3-6,11,14H,7-10,12-13H2,1-2H3;1H4. The number of hydrogen-bond acceptors (Lipinski definition) is 8. The van der Waals surface area contributed by atoms with Gasteiger partial charge in [0.05, 0.1) is 25.3 Å². The van der Waals surface area contributed by atoms with Crippen molar-refractivity contribution in [2.75, 3.05) is 39.5 Å². The number of piperazine rings is 1. The summed E-state index contributed by atoms with van der Waals surface area (Å²) in [6.45, 7) is 3.40. The van der Waals surface area contributed by atoms with Gasteiger partial charge < -0.3 is 4.74 Å². The fourth-order valence-corrected chi connectivity index (χ4v) is 6.14. The second-order valence-electron chi connectivity index (χ2n) is 8.08. The topological polar surface area (TPSA) is 102 Å². The fourth-order valence-electron chi connectivity index (χ4n) is 4.13. The van der Waals surface area contributed by atoms with Crippen LogP contribution in [0, 0.1) is 0 Å². The van der Waals surface area contributed by atoms with Gasteiger partial charge in [-0.2, -0.15) is 13.9 Å². The van der Waals surface area contributed by atoms with E-state index in [1.807, 2.05) is 24.3 Å². The second-order valence-corrected chi connectivity index (χ2v) is 11.2. The average Bonchev–Trinajstić information content (AvgIpc) is 3.44. The molecule has 1 aliphatic rings. The number of fused-ring (bicyclic) bond motifs is 3. The molecule has 0 aliphatic carbocycles. The molecule has 3 aromatic heterocycles. The smallest absolute Gasteiger partial charge is 0.352 e. The van der Waals surface area contributed by atoms with E-state index in [2.05, 4.69) is 21.0 Å². The van der Waals surface area contributed by atoms with Gasteiger partial charge in [-0.3, -0.25) is 9.47 Å². The van der Waals surface area contributed by atoms with Crippen LogP contribution in [0.3, 0.4) is 0 Å². The largest absolute Gasteiger partial charge is 0.497 e. The molecular formula is C22H28N6O4S2. The van der Waals surface area contributed by atoms with Crippen LogP contribution in [0.25, 0.3) is 15.9 Å². The van der Waals surface area contributed by atoms with Gasteiger partial charge in [-0.25, -0.2) is 18.2 Å². The van der Waals surface area contributed by atoms with Gasteiger partial charge in [-0.15, -0.1) is 11.3 Å². The summed E-state index contributed by atoms with van der Waals surface area (Å²) in [5, 5.41) is 5.02. The van der Waals surface area contributed by atoms with Crippen LogP contribution < -0.4 is 10.4 Å². The van der Waals surface area contributed by atoms with Crippen molar-refractivity contribution < 1.29 is 13.2 Å². The summed E-state index contributed by atoms with van der Waals surface area (Å²) < 4.78 is 33.4. The van der Waals surface area contributed by atoms with Crippen molar-refractivity contribution in [3.63, 3.8) is 0 Å². The van der Waals surface area contributed by atoms with E-state index in [9.17, 15) is 13.2 Å². The third-order valence-electron chi connectivity index (χ3n) is 5.89. The summed E-state index contributed by atoms with van der Waals surface area (Å²) >= 11 is 1.57. The first-order valence-electron chi connectivity index (χ1n) is 10.5. The summed E-state index contributed by atoms with van der Waals surface area (Å²) in [7, 11) is -1.54. The molecular weight excluding hydrogens is 476 g/mol. The van der Waals surface area contributed by atoms with Crippen LogP contribution in [-0.2, 0) is 23.1 Å². The number of thiophene rings is 1. The van der Waals surface area contributed by atoms with E-state index in [-0.39, 0.29) is 13.1 Å². The van der Waals surface area contributed by atoms with Crippen LogP contribution in [0.15, 0.2) is 41.5 Å². The molecule has 0 radical (unpaired) electrons. The van der Waals surface area contributed by atoms with Gasteiger partial charge >= 0.3 is 5.69 Å². The minimum atomic E-state index is -3.16. The Labute approximate surface area is 202 Å². The molecule has 0 saturated carbocycles. The van der Waals surface area contributed by atoms with Gasteiger partial charge in [0.2, 0.25) is 10.0 Å². The molecule has 5 rings (SSSR count). The van der Waals surface area contributed by atoms with E-state index in [1.165, 1.54) is 21.4 Å². The molecule has 0 atom stereocenters. The van der Waals surface area contributed by atoms with Gasteiger partial charge in [0.15, 0.2) is 5.65 Å². The van der Waals surface area contributed by atoms with Crippen molar-refractivity contribution in [1.82, 2.24) is 28.4 Å². The quantitative estimate of drug-likeness (QED) is 0.395. The number of ether oxygens (including phenoxy) is 1. The van der Waals surface area contributed by atoms with Crippen molar-refractivity contribution in [2.24, 2.45) is 0 Å². The Morgan fingerprint density at radius 3 is 2.44 bits per heavy atom. The number of nitrogens with zero attached hydrogens (tertiary/aromatic N) is 6. The molecule has 4 aromatic rings. The lowest BCUT2D eigenvalue weighted by molar-refractivity contribution is 0.183. The predicted octanol–water partition coefficient (Wildman–Crippen LogP) is 1.88. The van der Waals surface area contributed by atoms with Gasteiger partial charge in [0.25, 0.3) is 0 Å². The zero-order valence-corrected chi connectivity index (χ0v) is 20.0. The number of benzene rings is 1. The van der Waals surface area contributed by atoms with E-state index in [1.54, 1.807) is 23.0 Å². The maximum atomic E-state index is 13.2. The predicted molar refractivity (Wildman–Crippen MR) is 133 cm³/mol. The second kappa shape index (κ2) is 9.45. The molecule has 10 nitrogen and oxygen atoms in total. The van der Waals surface area contributed by atoms with Crippen molar-refractivity contribution in [3.05, 3.63) is 57.6 Å². The molecule has 1 saturated heterocycles. The maximum Gasteiger partial charge on any atom is 0.352 e. The van der Waals surface area contributed by atoms with E-state index >= 15 is 0 Å². The lowest BCUT2D eigenvalue weighted by Gasteiger charge is -2.32. The first kappa shape index (κ1) is 24.3. The molecule has 1 aliphatic heterocycles. The van der Waals surface area contributed by atoms with Crippen molar-refractivity contribution >= 4 is 37.2 Å². The van der Waals surface area contributed by atoms with Crippen molar-refractivity contribution in [3.8, 4) is 5.75 Å². The van der Waals surface area contributed by atoms with Gasteiger partial charge in [-0.05, 0) is 23.8 Å². The molecule has 0 unspecified atom stereocenters. The highest BCUT2D eigenvalue weighted by atomic mass is 32.2. The average molecular weight is 505 g/mol. The van der Waals surface area contributed by atoms with Crippen LogP contribution in [0.5, 0.6) is 5.75 Å². The van der Waals surface area contributed by atoms with Gasteiger partial charge in [0, 0.05) is 37.6 Å². The zero-order valence-electron chi connectivity index (χ0n) is 18.3. The third kappa shape index (κ3) is 4.58. The van der Waals surface area contributed by atoms with Gasteiger partial charge in [-0.1, -0.05) is 19.6 Å².